The second-order valence-corrected chi connectivity index (χ2v) is 18.7. The van der Waals surface area contributed by atoms with Crippen molar-refractivity contribution in [3.63, 3.8) is 0 Å². The zero-order valence-corrected chi connectivity index (χ0v) is 43.3. The van der Waals surface area contributed by atoms with E-state index in [9.17, 15) is 19.8 Å². The highest BCUT2D eigenvalue weighted by molar-refractivity contribution is 5.77. The average molecular weight is 921 g/mol. The standard InChI is InChI=1S/C60H105NO5/c1-4-7-10-13-16-19-22-25-27-29-31-33-35-38-41-44-47-50-53-60(65)66-56(51-48-45-42-39-36-24-21-18-15-12-9-6-3)54-59(64)61-57(55-62)58(63)52-49-46-43-40-37-34-32-30-28-26-23-20-17-14-11-8-5-2/h9,12,16,18-19,21-22,25,27,29,31,33,36,39,56-58,62-63H,4-8,10-11,13-15,17,20,23-24,26,28,30,32,34-35,37-38,40-55H2,1-3H3,(H,61,64)/b12-9+,19-16+,21-18+,25-22+,29-27+,33-31+,39-36+. The number of aliphatic hydroxyl groups is 2. The predicted octanol–water partition coefficient (Wildman–Crippen LogP) is 17.1. The molecular weight excluding hydrogens is 815 g/mol. The van der Waals surface area contributed by atoms with Crippen molar-refractivity contribution in [2.45, 2.75) is 277 Å². The monoisotopic (exact) mass is 920 g/mol. The molecule has 0 saturated carbocycles. The minimum atomic E-state index is -0.807. The molecule has 0 aromatic heterocycles. The third-order valence-electron chi connectivity index (χ3n) is 12.3. The van der Waals surface area contributed by atoms with Crippen LogP contribution in [0.25, 0.3) is 0 Å². The van der Waals surface area contributed by atoms with E-state index in [4.69, 9.17) is 4.74 Å². The van der Waals surface area contributed by atoms with Crippen LogP contribution in [0.4, 0.5) is 0 Å². The van der Waals surface area contributed by atoms with E-state index < -0.39 is 18.2 Å². The van der Waals surface area contributed by atoms with Crippen LogP contribution in [0.2, 0.25) is 0 Å². The van der Waals surface area contributed by atoms with Gasteiger partial charge in [0, 0.05) is 6.42 Å². The highest BCUT2D eigenvalue weighted by Crippen LogP contribution is 2.17. The summed E-state index contributed by atoms with van der Waals surface area (Å²) in [5, 5.41) is 23.8. The van der Waals surface area contributed by atoms with Crippen molar-refractivity contribution in [1.29, 1.82) is 0 Å². The number of rotatable bonds is 49. The molecule has 6 heteroatoms. The number of allylic oxidation sites excluding steroid dienone is 14. The fourth-order valence-corrected chi connectivity index (χ4v) is 8.10. The molecule has 3 unspecified atom stereocenters. The Hall–Kier alpha value is -2.96. The van der Waals surface area contributed by atoms with Gasteiger partial charge < -0.3 is 20.3 Å². The average Bonchev–Trinajstić information content (AvgIpc) is 3.31. The van der Waals surface area contributed by atoms with Gasteiger partial charge in [0.1, 0.15) is 6.10 Å². The molecule has 0 heterocycles. The molecule has 3 atom stereocenters. The first kappa shape index (κ1) is 63.0. The van der Waals surface area contributed by atoms with Crippen LogP contribution in [0.3, 0.4) is 0 Å². The summed E-state index contributed by atoms with van der Waals surface area (Å²) in [7, 11) is 0. The van der Waals surface area contributed by atoms with Gasteiger partial charge >= 0.3 is 5.97 Å². The molecule has 0 rings (SSSR count). The molecule has 6 nitrogen and oxygen atoms in total. The summed E-state index contributed by atoms with van der Waals surface area (Å²) in [4.78, 5) is 26.2. The van der Waals surface area contributed by atoms with Crippen molar-refractivity contribution in [3.8, 4) is 0 Å². The Bertz CT molecular complexity index is 1260. The number of hydrogen-bond donors (Lipinski definition) is 3. The Morgan fingerprint density at radius 1 is 0.470 bits per heavy atom. The number of aliphatic hydroxyl groups excluding tert-OH is 2. The number of esters is 1. The van der Waals surface area contributed by atoms with Crippen molar-refractivity contribution in [3.05, 3.63) is 85.1 Å². The van der Waals surface area contributed by atoms with Crippen LogP contribution in [0.5, 0.6) is 0 Å². The molecule has 1 amide bonds. The summed E-state index contributed by atoms with van der Waals surface area (Å²) in [5.74, 6) is -0.540. The topological polar surface area (TPSA) is 95.9 Å². The summed E-state index contributed by atoms with van der Waals surface area (Å²) >= 11 is 0. The third-order valence-corrected chi connectivity index (χ3v) is 12.3. The SMILES string of the molecule is CC/C=C/C/C=C/C/C=C/CCCCC(CC(=O)NC(CO)C(O)CCCCCCCCCCCCCCCCCCC)OC(=O)CCCCCCC/C=C/C=C/C=C/C=C/CCCCC. The molecule has 0 bridgehead atoms. The van der Waals surface area contributed by atoms with Crippen molar-refractivity contribution in [2.75, 3.05) is 6.61 Å². The van der Waals surface area contributed by atoms with E-state index in [-0.39, 0.29) is 24.9 Å². The highest BCUT2D eigenvalue weighted by Gasteiger charge is 2.24. The second-order valence-electron chi connectivity index (χ2n) is 18.7. The van der Waals surface area contributed by atoms with E-state index in [0.29, 0.717) is 19.3 Å². The number of unbranched alkanes of at least 4 members (excludes halogenated alkanes) is 26. The van der Waals surface area contributed by atoms with E-state index in [1.807, 2.05) is 0 Å². The molecule has 0 aliphatic heterocycles. The summed E-state index contributed by atoms with van der Waals surface area (Å²) in [5.41, 5.74) is 0. The quantitative estimate of drug-likeness (QED) is 0.0245. The Morgan fingerprint density at radius 2 is 0.879 bits per heavy atom. The van der Waals surface area contributed by atoms with Gasteiger partial charge in [0.05, 0.1) is 25.2 Å². The number of hydrogen-bond acceptors (Lipinski definition) is 5. The first-order valence-corrected chi connectivity index (χ1v) is 27.9. The Morgan fingerprint density at radius 3 is 1.42 bits per heavy atom. The Labute approximate surface area is 408 Å². The van der Waals surface area contributed by atoms with Crippen LogP contribution in [-0.2, 0) is 14.3 Å². The fraction of sp³-hybridized carbons (Fsp3) is 0.733. The van der Waals surface area contributed by atoms with Gasteiger partial charge in [0.15, 0.2) is 0 Å². The van der Waals surface area contributed by atoms with Crippen molar-refractivity contribution in [2.24, 2.45) is 0 Å². The summed E-state index contributed by atoms with van der Waals surface area (Å²) < 4.78 is 5.92. The maximum absolute atomic E-state index is 13.2. The lowest BCUT2D eigenvalue weighted by Crippen LogP contribution is -2.46. The lowest BCUT2D eigenvalue weighted by Gasteiger charge is -2.24. The van der Waals surface area contributed by atoms with Crippen LogP contribution in [-0.4, -0.2) is 46.9 Å². The first-order valence-electron chi connectivity index (χ1n) is 27.9. The van der Waals surface area contributed by atoms with Crippen molar-refractivity contribution in [1.82, 2.24) is 5.32 Å². The van der Waals surface area contributed by atoms with Crippen molar-refractivity contribution >= 4 is 11.9 Å². The van der Waals surface area contributed by atoms with Gasteiger partial charge in [0.25, 0.3) is 0 Å². The van der Waals surface area contributed by atoms with E-state index in [0.717, 1.165) is 103 Å². The lowest BCUT2D eigenvalue weighted by molar-refractivity contribution is -0.151. The number of carbonyl (C=O) groups is 2. The van der Waals surface area contributed by atoms with Crippen molar-refractivity contribution < 1.29 is 24.5 Å². The van der Waals surface area contributed by atoms with E-state index >= 15 is 0 Å². The van der Waals surface area contributed by atoms with Gasteiger partial charge in [0.2, 0.25) is 5.91 Å². The molecule has 0 fully saturated rings. The van der Waals surface area contributed by atoms with Gasteiger partial charge in [-0.2, -0.15) is 0 Å². The molecule has 0 aliphatic rings. The number of carbonyl (C=O) groups excluding carboxylic acids is 2. The maximum Gasteiger partial charge on any atom is 0.306 e. The lowest BCUT2D eigenvalue weighted by atomic mass is 10.0. The van der Waals surface area contributed by atoms with E-state index in [2.05, 4.69) is 111 Å². The van der Waals surface area contributed by atoms with Crippen LogP contribution < -0.4 is 5.32 Å². The molecule has 66 heavy (non-hydrogen) atoms. The molecule has 0 radical (unpaired) electrons. The normalized spacial score (nSPS) is 13.8. The predicted molar refractivity (Wildman–Crippen MR) is 287 cm³/mol. The van der Waals surface area contributed by atoms with E-state index in [1.54, 1.807) is 0 Å². The number of nitrogens with one attached hydrogen (secondary N) is 1. The fourth-order valence-electron chi connectivity index (χ4n) is 8.10. The molecule has 380 valence electrons. The van der Waals surface area contributed by atoms with Gasteiger partial charge in [-0.15, -0.1) is 0 Å². The number of amides is 1. The smallest absolute Gasteiger partial charge is 0.306 e. The molecule has 0 aromatic carbocycles. The highest BCUT2D eigenvalue weighted by atomic mass is 16.5. The zero-order valence-electron chi connectivity index (χ0n) is 43.3. The van der Waals surface area contributed by atoms with Gasteiger partial charge in [-0.1, -0.05) is 247 Å². The van der Waals surface area contributed by atoms with Crippen LogP contribution >= 0.6 is 0 Å². The second kappa shape index (κ2) is 53.0. The molecule has 0 aliphatic carbocycles. The maximum atomic E-state index is 13.2. The molecule has 0 saturated heterocycles. The van der Waals surface area contributed by atoms with Gasteiger partial charge in [-0.25, -0.2) is 0 Å². The number of ether oxygens (including phenoxy) is 1. The minimum absolute atomic E-state index is 0.0381. The largest absolute Gasteiger partial charge is 0.462 e. The third kappa shape index (κ3) is 47.5. The van der Waals surface area contributed by atoms with Gasteiger partial charge in [-0.05, 0) is 83.5 Å². The van der Waals surface area contributed by atoms with E-state index in [1.165, 1.54) is 109 Å². The molecule has 0 spiro atoms. The summed E-state index contributed by atoms with van der Waals surface area (Å²) in [6.45, 7) is 6.33. The molecule has 3 N–H and O–H groups in total. The minimum Gasteiger partial charge on any atom is -0.462 e. The molecular formula is C60H105NO5. The Balaban J connectivity index is 4.59. The van der Waals surface area contributed by atoms with Crippen LogP contribution in [0, 0.1) is 0 Å². The Kier molecular flexibility index (Phi) is 50.6. The first-order chi connectivity index (χ1) is 32.5. The van der Waals surface area contributed by atoms with Crippen LogP contribution in [0.1, 0.15) is 258 Å². The summed E-state index contributed by atoms with van der Waals surface area (Å²) in [6.07, 6.45) is 69.3. The zero-order chi connectivity index (χ0) is 48.1. The summed E-state index contributed by atoms with van der Waals surface area (Å²) in [6, 6.07) is -0.724. The molecule has 0 aromatic rings. The van der Waals surface area contributed by atoms with Crippen LogP contribution in [0.15, 0.2) is 85.1 Å². The van der Waals surface area contributed by atoms with Gasteiger partial charge in [-0.3, -0.25) is 9.59 Å².